The molecule has 0 aliphatic heterocycles. The van der Waals surface area contributed by atoms with Crippen LogP contribution in [0.3, 0.4) is 0 Å². The molecule has 0 unspecified atom stereocenters. The lowest BCUT2D eigenvalue weighted by Crippen LogP contribution is -2.01. The van der Waals surface area contributed by atoms with Crippen molar-refractivity contribution in [2.75, 3.05) is 0 Å². The molecule has 0 bridgehead atoms. The molecule has 1 aliphatic carbocycles. The molecule has 0 aromatic heterocycles. The summed E-state index contributed by atoms with van der Waals surface area (Å²) in [4.78, 5) is 0. The van der Waals surface area contributed by atoms with Gasteiger partial charge in [-0.2, -0.15) is 0 Å². The van der Waals surface area contributed by atoms with E-state index < -0.39 is 0 Å². The lowest BCUT2D eigenvalue weighted by atomic mass is 9.78. The van der Waals surface area contributed by atoms with E-state index in [2.05, 4.69) is 42.5 Å². The van der Waals surface area contributed by atoms with Gasteiger partial charge in [-0.15, -0.1) is 11.6 Å². The molecular formula is C13H9Cl. The number of halogens is 1. The standard InChI is InChI=1S/C13H9Cl/c14-8-9-4-3-7-12-10-5-1-2-6-11(10)13(9)12/h1-7H,8H2. The zero-order valence-corrected chi connectivity index (χ0v) is 8.38. The van der Waals surface area contributed by atoms with E-state index in [1.54, 1.807) is 0 Å². The van der Waals surface area contributed by atoms with Gasteiger partial charge in [0.05, 0.1) is 0 Å². The third kappa shape index (κ3) is 0.893. The third-order valence-corrected chi connectivity index (χ3v) is 3.07. The van der Waals surface area contributed by atoms with E-state index in [0.717, 1.165) is 0 Å². The molecular weight excluding hydrogens is 192 g/mol. The van der Waals surface area contributed by atoms with Crippen molar-refractivity contribution in [1.29, 1.82) is 0 Å². The van der Waals surface area contributed by atoms with Crippen LogP contribution < -0.4 is 0 Å². The van der Waals surface area contributed by atoms with Gasteiger partial charge in [-0.25, -0.2) is 0 Å². The molecule has 1 aliphatic rings. The van der Waals surface area contributed by atoms with Gasteiger partial charge in [0.1, 0.15) is 0 Å². The van der Waals surface area contributed by atoms with Crippen LogP contribution >= 0.6 is 11.6 Å². The smallest absolute Gasteiger partial charge is 0.0480 e. The number of benzene rings is 2. The van der Waals surface area contributed by atoms with Gasteiger partial charge in [0.25, 0.3) is 0 Å². The fourth-order valence-corrected chi connectivity index (χ4v) is 2.35. The van der Waals surface area contributed by atoms with E-state index in [-0.39, 0.29) is 0 Å². The molecule has 0 atom stereocenters. The van der Waals surface area contributed by atoms with Crippen LogP contribution in [0.2, 0.25) is 0 Å². The number of alkyl halides is 1. The Morgan fingerprint density at radius 1 is 0.786 bits per heavy atom. The molecule has 0 radical (unpaired) electrons. The molecule has 0 spiro atoms. The van der Waals surface area contributed by atoms with Crippen molar-refractivity contribution in [3.8, 4) is 22.3 Å². The molecule has 0 saturated carbocycles. The molecule has 2 aromatic rings. The van der Waals surface area contributed by atoms with Crippen LogP contribution in [0, 0.1) is 0 Å². The van der Waals surface area contributed by atoms with Crippen molar-refractivity contribution >= 4 is 11.6 Å². The summed E-state index contributed by atoms with van der Waals surface area (Å²) in [5.41, 5.74) is 6.63. The molecule has 14 heavy (non-hydrogen) atoms. The van der Waals surface area contributed by atoms with Gasteiger partial charge >= 0.3 is 0 Å². The fraction of sp³-hybridized carbons (Fsp3) is 0.0769. The molecule has 0 amide bonds. The van der Waals surface area contributed by atoms with Crippen molar-refractivity contribution in [2.45, 2.75) is 5.88 Å². The maximum atomic E-state index is 5.90. The molecule has 3 rings (SSSR count). The molecule has 0 N–H and O–H groups in total. The number of hydrogen-bond acceptors (Lipinski definition) is 0. The second-order valence-electron chi connectivity index (χ2n) is 3.52. The lowest BCUT2D eigenvalue weighted by molar-refractivity contribution is 1.37. The molecule has 2 aromatic carbocycles. The zero-order valence-electron chi connectivity index (χ0n) is 7.63. The highest BCUT2D eigenvalue weighted by molar-refractivity contribution is 6.18. The summed E-state index contributed by atoms with van der Waals surface area (Å²) < 4.78 is 0. The topological polar surface area (TPSA) is 0 Å². The minimum Gasteiger partial charge on any atom is -0.122 e. The Labute approximate surface area is 88.2 Å². The summed E-state index contributed by atoms with van der Waals surface area (Å²) in [6, 6.07) is 14.8. The van der Waals surface area contributed by atoms with E-state index >= 15 is 0 Å². The lowest BCUT2D eigenvalue weighted by Gasteiger charge is -2.25. The van der Waals surface area contributed by atoms with Crippen LogP contribution in [0.4, 0.5) is 0 Å². The van der Waals surface area contributed by atoms with Crippen molar-refractivity contribution in [3.63, 3.8) is 0 Å². The van der Waals surface area contributed by atoms with Crippen LogP contribution in [0.15, 0.2) is 42.5 Å². The van der Waals surface area contributed by atoms with Crippen molar-refractivity contribution in [2.24, 2.45) is 0 Å². The summed E-state index contributed by atoms with van der Waals surface area (Å²) >= 11 is 5.90. The average Bonchev–Trinajstić information content (AvgIpc) is 2.24. The maximum absolute atomic E-state index is 5.90. The van der Waals surface area contributed by atoms with E-state index in [1.807, 2.05) is 0 Å². The fourth-order valence-electron chi connectivity index (χ4n) is 2.13. The first-order valence-electron chi connectivity index (χ1n) is 4.69. The van der Waals surface area contributed by atoms with Crippen molar-refractivity contribution < 1.29 is 0 Å². The maximum Gasteiger partial charge on any atom is 0.0480 e. The summed E-state index contributed by atoms with van der Waals surface area (Å²) in [6.07, 6.45) is 0. The number of hydrogen-bond donors (Lipinski definition) is 0. The Bertz CT molecular complexity index is 500. The Balaban J connectivity index is 2.28. The second kappa shape index (κ2) is 2.86. The van der Waals surface area contributed by atoms with E-state index in [1.165, 1.54) is 27.8 Å². The van der Waals surface area contributed by atoms with Crippen LogP contribution in [0.1, 0.15) is 5.56 Å². The Morgan fingerprint density at radius 2 is 1.50 bits per heavy atom. The molecule has 68 valence electrons. The summed E-state index contributed by atoms with van der Waals surface area (Å²) in [7, 11) is 0. The zero-order chi connectivity index (χ0) is 9.54. The number of fused-ring (bicyclic) bond motifs is 4. The predicted octanol–water partition coefficient (Wildman–Crippen LogP) is 4.07. The summed E-state index contributed by atoms with van der Waals surface area (Å²) in [6.45, 7) is 0. The Hall–Kier alpha value is -1.27. The first-order valence-corrected chi connectivity index (χ1v) is 5.23. The molecule has 1 heteroatoms. The van der Waals surface area contributed by atoms with Gasteiger partial charge in [0.2, 0.25) is 0 Å². The molecule has 0 saturated heterocycles. The van der Waals surface area contributed by atoms with Crippen molar-refractivity contribution in [1.82, 2.24) is 0 Å². The first-order chi connectivity index (χ1) is 6.92. The Kier molecular flexibility index (Phi) is 1.65. The highest BCUT2D eigenvalue weighted by atomic mass is 35.5. The summed E-state index contributed by atoms with van der Waals surface area (Å²) in [5, 5.41) is 0. The third-order valence-electron chi connectivity index (χ3n) is 2.78. The number of rotatable bonds is 1. The average molecular weight is 201 g/mol. The predicted molar refractivity (Wildman–Crippen MR) is 60.4 cm³/mol. The largest absolute Gasteiger partial charge is 0.122 e. The van der Waals surface area contributed by atoms with E-state index in [9.17, 15) is 0 Å². The summed E-state index contributed by atoms with van der Waals surface area (Å²) in [5.74, 6) is 0.595. The monoisotopic (exact) mass is 200 g/mol. The second-order valence-corrected chi connectivity index (χ2v) is 3.79. The van der Waals surface area contributed by atoms with Crippen LogP contribution in [-0.4, -0.2) is 0 Å². The highest BCUT2D eigenvalue weighted by Crippen LogP contribution is 2.48. The molecule has 0 heterocycles. The van der Waals surface area contributed by atoms with E-state index in [0.29, 0.717) is 5.88 Å². The normalized spacial score (nSPS) is 11.5. The van der Waals surface area contributed by atoms with E-state index in [4.69, 9.17) is 11.6 Å². The minimum absolute atomic E-state index is 0.595. The highest BCUT2D eigenvalue weighted by Gasteiger charge is 2.23. The molecule has 0 nitrogen and oxygen atoms in total. The minimum atomic E-state index is 0.595. The van der Waals surface area contributed by atoms with Crippen LogP contribution in [0.5, 0.6) is 0 Å². The van der Waals surface area contributed by atoms with Gasteiger partial charge in [-0.1, -0.05) is 42.5 Å². The van der Waals surface area contributed by atoms with Gasteiger partial charge in [-0.3, -0.25) is 0 Å². The quantitative estimate of drug-likeness (QED) is 0.520. The molecule has 0 fully saturated rings. The van der Waals surface area contributed by atoms with Gasteiger partial charge in [-0.05, 0) is 27.8 Å². The first kappa shape index (κ1) is 8.07. The van der Waals surface area contributed by atoms with Gasteiger partial charge in [0.15, 0.2) is 0 Å². The van der Waals surface area contributed by atoms with Gasteiger partial charge < -0.3 is 0 Å². The van der Waals surface area contributed by atoms with Gasteiger partial charge in [0, 0.05) is 5.88 Å². The Morgan fingerprint density at radius 3 is 2.29 bits per heavy atom. The van der Waals surface area contributed by atoms with Crippen LogP contribution in [-0.2, 0) is 5.88 Å². The van der Waals surface area contributed by atoms with Crippen molar-refractivity contribution in [3.05, 3.63) is 48.0 Å². The SMILES string of the molecule is ClCc1cccc2c1-c1ccccc1-2. The van der Waals surface area contributed by atoms with Crippen LogP contribution in [0.25, 0.3) is 22.3 Å².